The van der Waals surface area contributed by atoms with Gasteiger partial charge in [0.25, 0.3) is 0 Å². The van der Waals surface area contributed by atoms with E-state index in [9.17, 15) is 0 Å². The molecule has 4 N–H and O–H groups in total. The van der Waals surface area contributed by atoms with Crippen LogP contribution in [0.2, 0.25) is 0 Å². The van der Waals surface area contributed by atoms with Crippen molar-refractivity contribution in [2.45, 2.75) is 34.6 Å². The zero-order valence-corrected chi connectivity index (χ0v) is 16.5. The zero-order valence-electron chi connectivity index (χ0n) is 13.2. The first-order valence-electron chi connectivity index (χ1n) is 4.54. The van der Waals surface area contributed by atoms with Gasteiger partial charge in [-0.25, -0.2) is 0 Å². The van der Waals surface area contributed by atoms with Crippen LogP contribution < -0.4 is 25.5 Å². The molecular weight excluding hydrogens is 518 g/mol. The summed E-state index contributed by atoms with van der Waals surface area (Å²) in [4.78, 5) is 44.4. The maximum Gasteiger partial charge on any atom is 3.00 e. The van der Waals surface area contributed by atoms with Gasteiger partial charge in [-0.2, -0.15) is 0 Å². The average Bonchev–Trinajstić information content (AvgIpc) is 1.94. The van der Waals surface area contributed by atoms with Crippen molar-refractivity contribution in [2.75, 3.05) is 0 Å². The smallest absolute Gasteiger partial charge is 0.550 e. The third kappa shape index (κ3) is 3550. The molecule has 0 saturated carbocycles. The molecule has 0 aliphatic rings. The van der Waals surface area contributed by atoms with E-state index in [2.05, 4.69) is 0 Å². The first-order valence-corrected chi connectivity index (χ1v) is 4.54. The van der Waals surface area contributed by atoms with Crippen molar-refractivity contribution in [3.63, 3.8) is 0 Å². The van der Waals surface area contributed by atoms with E-state index in [1.807, 2.05) is 0 Å². The van der Waals surface area contributed by atoms with Crippen LogP contribution in [0.25, 0.3) is 0 Å². The minimum atomic E-state index is -1.08. The van der Waals surface area contributed by atoms with Crippen molar-refractivity contribution in [3.05, 3.63) is 0 Å². The first-order chi connectivity index (χ1) is 8.66. The summed E-state index contributed by atoms with van der Waals surface area (Å²) in [6.45, 7) is 4.86. The van der Waals surface area contributed by atoms with Gasteiger partial charge in [0, 0.05) is 29.8 Å². The number of hydrogen-bond donors (Lipinski definition) is 0. The fourth-order valence-corrected chi connectivity index (χ4v) is 0. The molecule has 0 fully saturated rings. The Morgan fingerprint density at radius 2 is 0.458 bits per heavy atom. The Hall–Kier alpha value is -1.48. The van der Waals surface area contributed by atoms with E-state index in [0.717, 1.165) is 34.6 Å². The molecule has 149 valence electrons. The molecule has 12 nitrogen and oxygen atoms in total. The number of carboxylic acids is 5. The van der Waals surface area contributed by atoms with Crippen LogP contribution in [-0.4, -0.2) is 40.8 Å². The SMILES string of the molecule is CC(=O)[O-].CC(=O)[O-].CC(=O)[O-].CC(=O)[O-].CC(=O)[O-].O.O.[Rh+2].[Rh+3]. The topological polar surface area (TPSA) is 264 Å². The van der Waals surface area contributed by atoms with E-state index in [0.29, 0.717) is 0 Å². The maximum atomic E-state index is 8.89. The number of carbonyl (C=O) groups is 5. The summed E-state index contributed by atoms with van der Waals surface area (Å²) in [6.07, 6.45) is 0. The van der Waals surface area contributed by atoms with Gasteiger partial charge in [-0.15, -0.1) is 0 Å². The minimum absolute atomic E-state index is 0. The summed E-state index contributed by atoms with van der Waals surface area (Å²) in [5.41, 5.74) is 0. The van der Waals surface area contributed by atoms with Crippen molar-refractivity contribution in [2.24, 2.45) is 0 Å². The second-order valence-electron chi connectivity index (χ2n) is 2.46. The second-order valence-corrected chi connectivity index (χ2v) is 2.46. The summed E-state index contributed by atoms with van der Waals surface area (Å²) >= 11 is 0. The van der Waals surface area contributed by atoms with Crippen LogP contribution in [0.4, 0.5) is 0 Å². The maximum absolute atomic E-state index is 8.89. The summed E-state index contributed by atoms with van der Waals surface area (Å²) in [7, 11) is 0. The Bertz CT molecular complexity index is 217. The Morgan fingerprint density at radius 1 is 0.458 bits per heavy atom. The molecule has 0 unspecified atom stereocenters. The molecule has 14 heteroatoms. The van der Waals surface area contributed by atoms with Crippen molar-refractivity contribution in [1.29, 1.82) is 0 Å². The standard InChI is InChI=1S/5C2H4O2.2H2O.2Rh/c5*1-2(3)4;;;;/h5*1H3,(H,3,4);2*1H2;;/q;;;;;;;+2;+3/p-5. The largest absolute Gasteiger partial charge is 3.00 e. The van der Waals surface area contributed by atoms with Gasteiger partial charge in [0.15, 0.2) is 0 Å². The third-order valence-corrected chi connectivity index (χ3v) is 0. The fourth-order valence-electron chi connectivity index (χ4n) is 0. The molecule has 0 spiro atoms. The van der Waals surface area contributed by atoms with E-state index in [1.165, 1.54) is 0 Å². The second kappa shape index (κ2) is 49.6. The van der Waals surface area contributed by atoms with Crippen LogP contribution in [-0.2, 0) is 62.9 Å². The Kier molecular flexibility index (Phi) is 118. The molecule has 0 aromatic heterocycles. The normalized spacial score (nSPS) is 5.21. The molecule has 0 aromatic carbocycles. The van der Waals surface area contributed by atoms with Crippen LogP contribution in [0.5, 0.6) is 0 Å². The molecule has 0 amide bonds. The predicted octanol–water partition coefficient (Wildman–Crippen LogP) is -7.87. The Morgan fingerprint density at radius 3 is 0.458 bits per heavy atom. The van der Waals surface area contributed by atoms with Gasteiger partial charge in [0.05, 0.1) is 0 Å². The van der Waals surface area contributed by atoms with Gasteiger partial charge in [0.2, 0.25) is 0 Å². The van der Waals surface area contributed by atoms with Crippen molar-refractivity contribution >= 4 is 29.8 Å². The Balaban J connectivity index is -0.0000000161. The number of hydrogen-bond acceptors (Lipinski definition) is 10. The minimum Gasteiger partial charge on any atom is -0.550 e. The monoisotopic (exact) mass is 537 g/mol. The van der Waals surface area contributed by atoms with Crippen LogP contribution in [0.15, 0.2) is 0 Å². The predicted molar refractivity (Wildman–Crippen MR) is 60.6 cm³/mol. The fraction of sp³-hybridized carbons (Fsp3) is 0.500. The number of rotatable bonds is 0. The van der Waals surface area contributed by atoms with Crippen LogP contribution in [0.1, 0.15) is 34.6 Å². The van der Waals surface area contributed by atoms with Gasteiger partial charge in [-0.3, -0.25) is 0 Å². The van der Waals surface area contributed by atoms with Crippen molar-refractivity contribution in [1.82, 2.24) is 0 Å². The summed E-state index contributed by atoms with van der Waals surface area (Å²) in [5, 5.41) is 44.4. The molecule has 0 aromatic rings. The average molecular weight is 537 g/mol. The summed E-state index contributed by atoms with van der Waals surface area (Å²) in [6, 6.07) is 0. The number of carboxylic acid groups (broad SMARTS) is 5. The number of carbonyl (C=O) groups excluding carboxylic acids is 5. The van der Waals surface area contributed by atoms with Crippen LogP contribution in [0, 0.1) is 0 Å². The molecule has 0 rings (SSSR count). The summed E-state index contributed by atoms with van der Waals surface area (Å²) in [5.74, 6) is -5.42. The van der Waals surface area contributed by atoms with E-state index < -0.39 is 29.8 Å². The quantitative estimate of drug-likeness (QED) is 0.263. The molecule has 0 saturated heterocycles. The molecule has 0 aliphatic heterocycles. The molecule has 24 heavy (non-hydrogen) atoms. The zero-order chi connectivity index (χ0) is 17.9. The molecular formula is C10H19O12Rh2. The Labute approximate surface area is 164 Å². The van der Waals surface area contributed by atoms with E-state index in [4.69, 9.17) is 49.5 Å². The van der Waals surface area contributed by atoms with Gasteiger partial charge in [-0.1, -0.05) is 0 Å². The molecule has 0 bridgehead atoms. The van der Waals surface area contributed by atoms with Gasteiger partial charge >= 0.3 is 39.0 Å². The van der Waals surface area contributed by atoms with Crippen molar-refractivity contribution < 1.29 is 99.4 Å². The van der Waals surface area contributed by atoms with E-state index in [-0.39, 0.29) is 49.9 Å². The molecule has 0 heterocycles. The first kappa shape index (κ1) is 57.1. The molecule has 0 atom stereocenters. The van der Waals surface area contributed by atoms with Crippen LogP contribution in [0.3, 0.4) is 0 Å². The van der Waals surface area contributed by atoms with Gasteiger partial charge < -0.3 is 60.5 Å². The molecule has 1 radical (unpaired) electrons. The van der Waals surface area contributed by atoms with Crippen molar-refractivity contribution in [3.8, 4) is 0 Å². The molecule has 0 aliphatic carbocycles. The van der Waals surface area contributed by atoms with Crippen LogP contribution >= 0.6 is 0 Å². The summed E-state index contributed by atoms with van der Waals surface area (Å²) < 4.78 is 0. The number of aliphatic carboxylic acids is 5. The van der Waals surface area contributed by atoms with E-state index >= 15 is 0 Å². The third-order valence-electron chi connectivity index (χ3n) is 0. The van der Waals surface area contributed by atoms with Gasteiger partial charge in [0.1, 0.15) is 0 Å². The van der Waals surface area contributed by atoms with Gasteiger partial charge in [-0.05, 0) is 34.6 Å². The van der Waals surface area contributed by atoms with E-state index in [1.54, 1.807) is 0 Å².